The summed E-state index contributed by atoms with van der Waals surface area (Å²) in [4.78, 5) is 0. The van der Waals surface area contributed by atoms with E-state index in [1.165, 1.54) is 6.07 Å². The highest BCUT2D eigenvalue weighted by Crippen LogP contribution is 2.42. The third-order valence-corrected chi connectivity index (χ3v) is 3.38. The van der Waals surface area contributed by atoms with E-state index in [0.717, 1.165) is 13.3 Å². The molecule has 2 nitrogen and oxygen atoms in total. The molecule has 114 valence electrons. The molecule has 0 radical (unpaired) electrons. The Morgan fingerprint density at radius 3 is 2.43 bits per heavy atom. The molecule has 1 N–H and O–H groups in total. The van der Waals surface area contributed by atoms with Gasteiger partial charge in [0.05, 0.1) is 6.61 Å². The van der Waals surface area contributed by atoms with E-state index in [1.807, 2.05) is 6.92 Å². The molecule has 0 aliphatic heterocycles. The van der Waals surface area contributed by atoms with Gasteiger partial charge in [-0.2, -0.15) is 13.2 Å². The molecular formula is C16H17F3O2. The quantitative estimate of drug-likeness (QED) is 0.906. The smallest absolute Gasteiger partial charge is 0.421 e. The van der Waals surface area contributed by atoms with Crippen molar-refractivity contribution in [2.24, 2.45) is 0 Å². The van der Waals surface area contributed by atoms with Crippen LogP contribution in [0.25, 0.3) is 10.8 Å². The molecule has 1 unspecified atom stereocenters. The topological polar surface area (TPSA) is 29.5 Å². The lowest BCUT2D eigenvalue weighted by Crippen LogP contribution is -2.39. The molecule has 0 aromatic heterocycles. The van der Waals surface area contributed by atoms with Gasteiger partial charge in [-0.1, -0.05) is 31.2 Å². The van der Waals surface area contributed by atoms with Gasteiger partial charge in [-0.05, 0) is 36.2 Å². The number of alkyl halides is 3. The molecule has 5 heteroatoms. The Hall–Kier alpha value is -1.75. The van der Waals surface area contributed by atoms with Crippen LogP contribution in [0.1, 0.15) is 25.8 Å². The second-order valence-corrected chi connectivity index (χ2v) is 5.11. The molecule has 0 aliphatic carbocycles. The highest BCUT2D eigenvalue weighted by atomic mass is 19.4. The fourth-order valence-corrected chi connectivity index (χ4v) is 2.14. The predicted molar refractivity (Wildman–Crippen MR) is 75.4 cm³/mol. The summed E-state index contributed by atoms with van der Waals surface area (Å²) < 4.78 is 44.9. The van der Waals surface area contributed by atoms with E-state index < -0.39 is 11.8 Å². The van der Waals surface area contributed by atoms with E-state index in [9.17, 15) is 18.3 Å². The Kier molecular flexibility index (Phi) is 4.14. The second kappa shape index (κ2) is 5.56. The number of rotatable bonds is 4. The maximum absolute atomic E-state index is 13.1. The van der Waals surface area contributed by atoms with Crippen molar-refractivity contribution in [2.75, 3.05) is 6.61 Å². The number of ether oxygens (including phenoxy) is 1. The molecule has 2 aromatic carbocycles. The van der Waals surface area contributed by atoms with Crippen molar-refractivity contribution in [2.45, 2.75) is 32.0 Å². The van der Waals surface area contributed by atoms with Crippen molar-refractivity contribution in [3.05, 3.63) is 42.0 Å². The highest BCUT2D eigenvalue weighted by molar-refractivity contribution is 5.88. The third kappa shape index (κ3) is 2.97. The lowest BCUT2D eigenvalue weighted by atomic mass is 9.90. The first-order chi connectivity index (χ1) is 9.77. The molecule has 0 aliphatic rings. The summed E-state index contributed by atoms with van der Waals surface area (Å²) in [7, 11) is 0. The van der Waals surface area contributed by atoms with Gasteiger partial charge in [0.15, 0.2) is 5.60 Å². The van der Waals surface area contributed by atoms with Crippen LogP contribution in [0, 0.1) is 0 Å². The summed E-state index contributed by atoms with van der Waals surface area (Å²) in [5.41, 5.74) is -3.13. The zero-order valence-electron chi connectivity index (χ0n) is 11.9. The van der Waals surface area contributed by atoms with Gasteiger partial charge in [-0.3, -0.25) is 0 Å². The Morgan fingerprint density at radius 1 is 1.14 bits per heavy atom. The Morgan fingerprint density at radius 2 is 1.81 bits per heavy atom. The Balaban J connectivity index is 2.65. The maximum Gasteiger partial charge on any atom is 0.421 e. The van der Waals surface area contributed by atoms with Gasteiger partial charge < -0.3 is 9.84 Å². The van der Waals surface area contributed by atoms with Crippen LogP contribution in [0.4, 0.5) is 13.2 Å². The standard InChI is InChI=1S/C16H17F3O2/c1-3-8-21-12-9-11-6-4-5-7-13(11)14(10-12)15(2,20)16(17,18)19/h4-7,9-10,20H,3,8H2,1-2H3. The molecular weight excluding hydrogens is 281 g/mol. The number of benzene rings is 2. The summed E-state index contributed by atoms with van der Waals surface area (Å²) in [5, 5.41) is 11.0. The van der Waals surface area contributed by atoms with Crippen LogP contribution >= 0.6 is 0 Å². The SMILES string of the molecule is CCCOc1cc(C(C)(O)C(F)(F)F)c2ccccc2c1. The molecule has 0 saturated heterocycles. The maximum atomic E-state index is 13.1. The number of hydrogen-bond acceptors (Lipinski definition) is 2. The first-order valence-electron chi connectivity index (χ1n) is 6.72. The van der Waals surface area contributed by atoms with Gasteiger partial charge in [0.1, 0.15) is 5.75 Å². The van der Waals surface area contributed by atoms with E-state index in [2.05, 4.69) is 0 Å². The first kappa shape index (κ1) is 15.6. The fraction of sp³-hybridized carbons (Fsp3) is 0.375. The summed E-state index contributed by atoms with van der Waals surface area (Å²) in [6.45, 7) is 3.08. The van der Waals surface area contributed by atoms with E-state index in [1.54, 1.807) is 30.3 Å². The summed E-state index contributed by atoms with van der Waals surface area (Å²) in [5.74, 6) is 0.329. The molecule has 0 fully saturated rings. The van der Waals surface area contributed by atoms with Gasteiger partial charge in [-0.15, -0.1) is 0 Å². The normalized spacial score (nSPS) is 15.0. The van der Waals surface area contributed by atoms with E-state index >= 15 is 0 Å². The van der Waals surface area contributed by atoms with Crippen LogP contribution in [0.3, 0.4) is 0 Å². The molecule has 2 aromatic rings. The third-order valence-electron chi connectivity index (χ3n) is 3.38. The van der Waals surface area contributed by atoms with Gasteiger partial charge >= 0.3 is 6.18 Å². The van der Waals surface area contributed by atoms with Crippen LogP contribution in [0.5, 0.6) is 5.75 Å². The van der Waals surface area contributed by atoms with Gasteiger partial charge in [0.2, 0.25) is 0 Å². The van der Waals surface area contributed by atoms with E-state index in [-0.39, 0.29) is 5.56 Å². The molecule has 0 amide bonds. The van der Waals surface area contributed by atoms with Crippen molar-refractivity contribution in [1.29, 1.82) is 0 Å². The minimum absolute atomic E-state index is 0.195. The number of halogens is 3. The number of aliphatic hydroxyl groups is 1. The highest BCUT2D eigenvalue weighted by Gasteiger charge is 2.52. The van der Waals surface area contributed by atoms with Crippen molar-refractivity contribution in [3.63, 3.8) is 0 Å². The minimum Gasteiger partial charge on any atom is -0.494 e. The van der Waals surface area contributed by atoms with Crippen LogP contribution in [0.15, 0.2) is 36.4 Å². The zero-order chi connectivity index (χ0) is 15.7. The fourth-order valence-electron chi connectivity index (χ4n) is 2.14. The molecule has 0 saturated carbocycles. The Bertz CT molecular complexity index is 633. The monoisotopic (exact) mass is 298 g/mol. The summed E-state index contributed by atoms with van der Waals surface area (Å²) >= 11 is 0. The predicted octanol–water partition coefficient (Wildman–Crippen LogP) is 4.40. The molecule has 0 spiro atoms. The molecule has 0 heterocycles. The van der Waals surface area contributed by atoms with Crippen LogP contribution in [0.2, 0.25) is 0 Å². The Labute approximate surface area is 121 Å². The first-order valence-corrected chi connectivity index (χ1v) is 6.72. The lowest BCUT2D eigenvalue weighted by Gasteiger charge is -2.28. The van der Waals surface area contributed by atoms with Gasteiger partial charge in [-0.25, -0.2) is 0 Å². The number of fused-ring (bicyclic) bond motifs is 1. The average molecular weight is 298 g/mol. The van der Waals surface area contributed by atoms with Crippen LogP contribution in [-0.2, 0) is 5.60 Å². The van der Waals surface area contributed by atoms with Crippen molar-refractivity contribution in [3.8, 4) is 5.75 Å². The summed E-state index contributed by atoms with van der Waals surface area (Å²) in [6.07, 6.45) is -4.02. The lowest BCUT2D eigenvalue weighted by molar-refractivity contribution is -0.258. The molecule has 0 bridgehead atoms. The molecule has 1 atom stereocenters. The average Bonchev–Trinajstić information content (AvgIpc) is 2.42. The van der Waals surface area contributed by atoms with E-state index in [0.29, 0.717) is 23.1 Å². The number of hydrogen-bond donors (Lipinski definition) is 1. The molecule has 2 rings (SSSR count). The largest absolute Gasteiger partial charge is 0.494 e. The molecule has 21 heavy (non-hydrogen) atoms. The summed E-state index contributed by atoms with van der Waals surface area (Å²) in [6, 6.07) is 9.59. The second-order valence-electron chi connectivity index (χ2n) is 5.11. The van der Waals surface area contributed by atoms with Gasteiger partial charge in [0.25, 0.3) is 0 Å². The van der Waals surface area contributed by atoms with Crippen LogP contribution < -0.4 is 4.74 Å². The van der Waals surface area contributed by atoms with Crippen molar-refractivity contribution in [1.82, 2.24) is 0 Å². The zero-order valence-corrected chi connectivity index (χ0v) is 11.9. The minimum atomic E-state index is -4.76. The van der Waals surface area contributed by atoms with Crippen molar-refractivity contribution >= 4 is 10.8 Å². The van der Waals surface area contributed by atoms with E-state index in [4.69, 9.17) is 4.74 Å². The van der Waals surface area contributed by atoms with Crippen LogP contribution in [-0.4, -0.2) is 17.9 Å². The van der Waals surface area contributed by atoms with Gasteiger partial charge in [0, 0.05) is 5.56 Å². The van der Waals surface area contributed by atoms with Crippen molar-refractivity contribution < 1.29 is 23.0 Å².